The van der Waals surface area contributed by atoms with Crippen LogP contribution in [0.15, 0.2) is 0 Å². The zero-order valence-corrected chi connectivity index (χ0v) is 7.69. The van der Waals surface area contributed by atoms with E-state index in [4.69, 9.17) is 0 Å². The largest absolute Gasteiger partial charge is 0.311 e. The van der Waals surface area contributed by atoms with Gasteiger partial charge in [0.1, 0.15) is 0 Å². The lowest BCUT2D eigenvalue weighted by molar-refractivity contribution is 0.221. The third-order valence-electron chi connectivity index (χ3n) is 3.73. The Kier molecular flexibility index (Phi) is 1.71. The molecule has 0 amide bonds. The molecule has 0 aromatic heterocycles. The fraction of sp³-hybridized carbons (Fsp3) is 1.00. The zero-order chi connectivity index (χ0) is 7.90. The molecule has 0 spiro atoms. The Morgan fingerprint density at radius 1 is 1.45 bits per heavy atom. The maximum Gasteiger partial charge on any atom is 0.00896 e. The topological polar surface area (TPSA) is 12.0 Å². The van der Waals surface area contributed by atoms with Gasteiger partial charge in [0.05, 0.1) is 0 Å². The van der Waals surface area contributed by atoms with E-state index in [1.54, 1.807) is 0 Å². The molecule has 1 aliphatic carbocycles. The molecule has 2 heterocycles. The van der Waals surface area contributed by atoms with Crippen LogP contribution in [0.2, 0.25) is 0 Å². The highest BCUT2D eigenvalue weighted by atomic mass is 15.0. The second-order valence-electron chi connectivity index (χ2n) is 4.70. The smallest absolute Gasteiger partial charge is 0.00896 e. The van der Waals surface area contributed by atoms with Crippen LogP contribution in [0.4, 0.5) is 0 Å². The first-order chi connectivity index (χ1) is 5.22. The van der Waals surface area contributed by atoms with Crippen LogP contribution in [0.3, 0.4) is 0 Å². The van der Waals surface area contributed by atoms with Crippen LogP contribution >= 0.6 is 0 Å². The molecule has 0 aromatic rings. The van der Waals surface area contributed by atoms with E-state index < -0.39 is 0 Å². The van der Waals surface area contributed by atoms with Crippen LogP contribution in [-0.2, 0) is 0 Å². The molecule has 1 nitrogen and oxygen atoms in total. The number of nitrogens with one attached hydrogen (secondary N) is 1. The molecular weight excluding hydrogens is 134 g/mol. The second kappa shape index (κ2) is 2.48. The normalized spacial score (nSPS) is 49.6. The molecule has 64 valence electrons. The summed E-state index contributed by atoms with van der Waals surface area (Å²) in [5.74, 6) is 0. The van der Waals surface area contributed by atoms with E-state index >= 15 is 0 Å². The van der Waals surface area contributed by atoms with E-state index in [2.05, 4.69) is 19.2 Å². The maximum atomic E-state index is 3.63. The van der Waals surface area contributed by atoms with Crippen molar-refractivity contribution in [3.8, 4) is 0 Å². The lowest BCUT2D eigenvalue weighted by atomic mass is 9.79. The predicted octanol–water partition coefficient (Wildman–Crippen LogP) is 2.32. The first kappa shape index (κ1) is 7.60. The minimum absolute atomic E-state index is 0.656. The monoisotopic (exact) mass is 153 g/mol. The van der Waals surface area contributed by atoms with Crippen molar-refractivity contribution in [1.29, 1.82) is 0 Å². The third kappa shape index (κ3) is 1.31. The summed E-state index contributed by atoms with van der Waals surface area (Å²) in [5.41, 5.74) is 0.656. The molecule has 11 heavy (non-hydrogen) atoms. The van der Waals surface area contributed by atoms with Crippen molar-refractivity contribution in [1.82, 2.24) is 5.32 Å². The van der Waals surface area contributed by atoms with Crippen molar-refractivity contribution in [3.63, 3.8) is 0 Å². The summed E-state index contributed by atoms with van der Waals surface area (Å²) in [7, 11) is 0. The van der Waals surface area contributed by atoms with Gasteiger partial charge in [-0.2, -0.15) is 0 Å². The van der Waals surface area contributed by atoms with Crippen molar-refractivity contribution in [2.24, 2.45) is 5.41 Å². The van der Waals surface area contributed by atoms with E-state index in [1.165, 1.54) is 32.1 Å². The van der Waals surface area contributed by atoms with Gasteiger partial charge in [0, 0.05) is 12.1 Å². The molecule has 1 heteroatoms. The molecule has 0 aromatic carbocycles. The Morgan fingerprint density at radius 2 is 2.18 bits per heavy atom. The summed E-state index contributed by atoms with van der Waals surface area (Å²) in [4.78, 5) is 0. The van der Waals surface area contributed by atoms with Gasteiger partial charge in [0.25, 0.3) is 0 Å². The Morgan fingerprint density at radius 3 is 2.82 bits per heavy atom. The number of fused-ring (bicyclic) bond motifs is 3. The van der Waals surface area contributed by atoms with Gasteiger partial charge in [-0.3, -0.25) is 0 Å². The molecule has 3 fully saturated rings. The van der Waals surface area contributed by atoms with Gasteiger partial charge >= 0.3 is 0 Å². The highest BCUT2D eigenvalue weighted by Crippen LogP contribution is 2.41. The van der Waals surface area contributed by atoms with E-state index in [1.807, 2.05) is 0 Å². The molecule has 1 N–H and O–H groups in total. The van der Waals surface area contributed by atoms with Gasteiger partial charge in [-0.1, -0.05) is 20.3 Å². The quantitative estimate of drug-likeness (QED) is 0.609. The molecule has 2 saturated heterocycles. The summed E-state index contributed by atoms with van der Waals surface area (Å²) in [6.45, 7) is 4.79. The van der Waals surface area contributed by atoms with Gasteiger partial charge < -0.3 is 5.32 Å². The first-order valence-electron chi connectivity index (χ1n) is 4.98. The van der Waals surface area contributed by atoms with E-state index in [0.29, 0.717) is 5.41 Å². The van der Waals surface area contributed by atoms with Crippen LogP contribution in [0, 0.1) is 5.41 Å². The number of rotatable bonds is 1. The van der Waals surface area contributed by atoms with Crippen LogP contribution in [0.25, 0.3) is 0 Å². The predicted molar refractivity (Wildman–Crippen MR) is 47.6 cm³/mol. The molecule has 0 radical (unpaired) electrons. The second-order valence-corrected chi connectivity index (χ2v) is 4.70. The molecule has 2 bridgehead atoms. The number of hydrogen-bond donors (Lipinski definition) is 1. The Balaban J connectivity index is 2.02. The summed E-state index contributed by atoms with van der Waals surface area (Å²) in [6, 6.07) is 1.75. The molecular formula is C10H19N. The van der Waals surface area contributed by atoms with Crippen molar-refractivity contribution >= 4 is 0 Å². The van der Waals surface area contributed by atoms with Crippen LogP contribution in [0.1, 0.15) is 46.0 Å². The fourth-order valence-electron chi connectivity index (χ4n) is 2.54. The summed E-state index contributed by atoms with van der Waals surface area (Å²) < 4.78 is 0. The zero-order valence-electron chi connectivity index (χ0n) is 7.69. The molecule has 3 atom stereocenters. The highest BCUT2D eigenvalue weighted by molar-refractivity contribution is 4.97. The van der Waals surface area contributed by atoms with Crippen molar-refractivity contribution in [3.05, 3.63) is 0 Å². The molecule has 1 saturated carbocycles. The standard InChI is InChI=1S/C10H19N/c1-3-10(2)5-4-8-6-9(7-10)11-8/h8-9,11H,3-7H2,1-2H3. The van der Waals surface area contributed by atoms with Crippen LogP contribution in [0.5, 0.6) is 0 Å². The minimum Gasteiger partial charge on any atom is -0.311 e. The van der Waals surface area contributed by atoms with Gasteiger partial charge in [-0.05, 0) is 31.1 Å². The van der Waals surface area contributed by atoms with Crippen molar-refractivity contribution in [2.45, 2.75) is 58.0 Å². The lowest BCUT2D eigenvalue weighted by Crippen LogP contribution is -2.51. The van der Waals surface area contributed by atoms with E-state index in [0.717, 1.165) is 12.1 Å². The average Bonchev–Trinajstić information content (AvgIpc) is 2.16. The van der Waals surface area contributed by atoms with Gasteiger partial charge in [0.2, 0.25) is 0 Å². The summed E-state index contributed by atoms with van der Waals surface area (Å²) >= 11 is 0. The van der Waals surface area contributed by atoms with Gasteiger partial charge in [0.15, 0.2) is 0 Å². The van der Waals surface area contributed by atoms with Crippen LogP contribution in [-0.4, -0.2) is 12.1 Å². The van der Waals surface area contributed by atoms with Crippen molar-refractivity contribution < 1.29 is 0 Å². The van der Waals surface area contributed by atoms with Gasteiger partial charge in [-0.25, -0.2) is 0 Å². The van der Waals surface area contributed by atoms with Crippen molar-refractivity contribution in [2.75, 3.05) is 0 Å². The SMILES string of the molecule is CCC1(C)CCC2CC(C1)N2. The highest BCUT2D eigenvalue weighted by Gasteiger charge is 2.38. The molecule has 3 aliphatic rings. The molecule has 2 aliphatic heterocycles. The average molecular weight is 153 g/mol. The number of hydrogen-bond acceptors (Lipinski definition) is 1. The first-order valence-corrected chi connectivity index (χ1v) is 4.98. The summed E-state index contributed by atoms with van der Waals surface area (Å²) in [6.07, 6.45) is 7.09. The van der Waals surface area contributed by atoms with Crippen LogP contribution < -0.4 is 5.32 Å². The maximum absolute atomic E-state index is 3.63. The summed E-state index contributed by atoms with van der Waals surface area (Å²) in [5, 5.41) is 3.63. The fourth-order valence-corrected chi connectivity index (χ4v) is 2.54. The lowest BCUT2D eigenvalue weighted by Gasteiger charge is -2.36. The van der Waals surface area contributed by atoms with E-state index in [-0.39, 0.29) is 0 Å². The minimum atomic E-state index is 0.656. The Bertz CT molecular complexity index is 149. The van der Waals surface area contributed by atoms with E-state index in [9.17, 15) is 0 Å². The Hall–Kier alpha value is -0.0400. The molecule has 3 rings (SSSR count). The molecule has 3 unspecified atom stereocenters. The van der Waals surface area contributed by atoms with Gasteiger partial charge in [-0.15, -0.1) is 0 Å². The third-order valence-corrected chi connectivity index (χ3v) is 3.73. The Labute approximate surface area is 69.6 Å².